The third-order valence-electron chi connectivity index (χ3n) is 2.52. The van der Waals surface area contributed by atoms with Crippen molar-refractivity contribution in [3.63, 3.8) is 0 Å². The number of likely N-dealkylation sites (N-methyl/N-ethyl adjacent to an activating group) is 1. The van der Waals surface area contributed by atoms with Crippen LogP contribution in [0, 0.1) is 0 Å². The lowest BCUT2D eigenvalue weighted by molar-refractivity contribution is 0.108. The van der Waals surface area contributed by atoms with Crippen molar-refractivity contribution >= 4 is 0 Å². The van der Waals surface area contributed by atoms with Gasteiger partial charge in [0.05, 0.1) is 21.3 Å². The molecule has 0 aliphatic rings. The van der Waals surface area contributed by atoms with Gasteiger partial charge in [0.25, 0.3) is 0 Å². The Labute approximate surface area is 113 Å². The molecule has 6 heteroatoms. The summed E-state index contributed by atoms with van der Waals surface area (Å²) in [6, 6.07) is 3.38. The summed E-state index contributed by atoms with van der Waals surface area (Å²) >= 11 is 0. The fourth-order valence-corrected chi connectivity index (χ4v) is 1.63. The Bertz CT molecular complexity index is 372. The molecule has 2 N–H and O–H groups in total. The number of aliphatic hydroxyl groups is 1. The van der Waals surface area contributed by atoms with Gasteiger partial charge in [-0.05, 0) is 7.05 Å². The van der Waals surface area contributed by atoms with E-state index in [-0.39, 0.29) is 6.61 Å². The zero-order valence-corrected chi connectivity index (χ0v) is 11.7. The first-order valence-corrected chi connectivity index (χ1v) is 5.91. The zero-order chi connectivity index (χ0) is 14.3. The van der Waals surface area contributed by atoms with E-state index in [0.29, 0.717) is 29.5 Å². The van der Waals surface area contributed by atoms with Crippen LogP contribution < -0.4 is 24.3 Å². The minimum absolute atomic E-state index is 0.180. The van der Waals surface area contributed by atoms with Crippen LogP contribution in [-0.4, -0.2) is 52.7 Å². The molecule has 0 aliphatic heterocycles. The Kier molecular flexibility index (Phi) is 6.24. The number of hydrogen-bond donors (Lipinski definition) is 2. The van der Waals surface area contributed by atoms with Crippen LogP contribution >= 0.6 is 0 Å². The first-order chi connectivity index (χ1) is 9.15. The second kappa shape index (κ2) is 7.70. The van der Waals surface area contributed by atoms with Crippen molar-refractivity contribution < 1.29 is 24.1 Å². The summed E-state index contributed by atoms with van der Waals surface area (Å²) in [6.45, 7) is 0.643. The maximum absolute atomic E-state index is 9.59. The Morgan fingerprint density at radius 2 is 1.68 bits per heavy atom. The van der Waals surface area contributed by atoms with Gasteiger partial charge < -0.3 is 29.4 Å². The Hall–Kier alpha value is -1.66. The van der Waals surface area contributed by atoms with E-state index in [0.717, 1.165) is 0 Å². The highest BCUT2D eigenvalue weighted by Crippen LogP contribution is 2.40. The second-order valence-electron chi connectivity index (χ2n) is 3.88. The highest BCUT2D eigenvalue weighted by atomic mass is 16.5. The molecular formula is C13H21NO5. The molecule has 1 aromatic carbocycles. The van der Waals surface area contributed by atoms with Crippen LogP contribution in [-0.2, 0) is 0 Å². The average Bonchev–Trinajstić information content (AvgIpc) is 2.44. The molecular weight excluding hydrogens is 250 g/mol. The molecule has 6 nitrogen and oxygen atoms in total. The summed E-state index contributed by atoms with van der Waals surface area (Å²) in [5, 5.41) is 12.5. The third kappa shape index (κ3) is 4.18. The van der Waals surface area contributed by atoms with E-state index in [1.165, 1.54) is 21.3 Å². The number of ether oxygens (including phenoxy) is 4. The van der Waals surface area contributed by atoms with Crippen LogP contribution in [0.2, 0.25) is 0 Å². The van der Waals surface area contributed by atoms with Gasteiger partial charge in [0, 0.05) is 18.7 Å². The van der Waals surface area contributed by atoms with Crippen molar-refractivity contribution in [2.75, 3.05) is 41.5 Å². The first kappa shape index (κ1) is 15.4. The normalized spacial score (nSPS) is 11.8. The highest BCUT2D eigenvalue weighted by molar-refractivity contribution is 5.55. The molecule has 0 saturated carbocycles. The van der Waals surface area contributed by atoms with Gasteiger partial charge in [-0.1, -0.05) is 0 Å². The van der Waals surface area contributed by atoms with Crippen LogP contribution in [0.1, 0.15) is 0 Å². The average molecular weight is 271 g/mol. The number of nitrogens with one attached hydrogen (secondary N) is 1. The van der Waals surface area contributed by atoms with E-state index in [4.69, 9.17) is 18.9 Å². The highest BCUT2D eigenvalue weighted by Gasteiger charge is 2.14. The third-order valence-corrected chi connectivity index (χ3v) is 2.52. The molecule has 1 rings (SSSR count). The van der Waals surface area contributed by atoms with E-state index >= 15 is 0 Å². The molecule has 0 bridgehead atoms. The maximum Gasteiger partial charge on any atom is 0.203 e. The summed E-state index contributed by atoms with van der Waals surface area (Å²) in [5.74, 6) is 2.08. The molecule has 0 saturated heterocycles. The van der Waals surface area contributed by atoms with E-state index < -0.39 is 6.10 Å². The summed E-state index contributed by atoms with van der Waals surface area (Å²) in [4.78, 5) is 0. The maximum atomic E-state index is 9.59. The minimum Gasteiger partial charge on any atom is -0.493 e. The summed E-state index contributed by atoms with van der Waals surface area (Å²) < 4.78 is 21.1. The fraction of sp³-hybridized carbons (Fsp3) is 0.538. The van der Waals surface area contributed by atoms with Gasteiger partial charge in [-0.25, -0.2) is 0 Å². The SMILES string of the molecule is CNCC(O)COc1cc(OC)c(OC)c(OC)c1. The lowest BCUT2D eigenvalue weighted by Crippen LogP contribution is -2.29. The van der Waals surface area contributed by atoms with Gasteiger partial charge >= 0.3 is 0 Å². The lowest BCUT2D eigenvalue weighted by atomic mass is 10.2. The van der Waals surface area contributed by atoms with Gasteiger partial charge in [-0.2, -0.15) is 0 Å². The molecule has 1 atom stereocenters. The van der Waals surface area contributed by atoms with E-state index in [2.05, 4.69) is 5.32 Å². The van der Waals surface area contributed by atoms with E-state index in [1.54, 1.807) is 19.2 Å². The molecule has 19 heavy (non-hydrogen) atoms. The number of aliphatic hydroxyl groups excluding tert-OH is 1. The molecule has 0 fully saturated rings. The van der Waals surface area contributed by atoms with Crippen LogP contribution in [0.15, 0.2) is 12.1 Å². The Morgan fingerprint density at radius 3 is 2.11 bits per heavy atom. The monoisotopic (exact) mass is 271 g/mol. The quantitative estimate of drug-likeness (QED) is 0.724. The fourth-order valence-electron chi connectivity index (χ4n) is 1.63. The van der Waals surface area contributed by atoms with Crippen molar-refractivity contribution in [1.82, 2.24) is 5.32 Å². The number of hydrogen-bond acceptors (Lipinski definition) is 6. The molecule has 0 aliphatic carbocycles. The van der Waals surface area contributed by atoms with Gasteiger partial charge in [0.2, 0.25) is 5.75 Å². The lowest BCUT2D eigenvalue weighted by Gasteiger charge is -2.16. The minimum atomic E-state index is -0.580. The van der Waals surface area contributed by atoms with Crippen molar-refractivity contribution in [2.45, 2.75) is 6.10 Å². The molecule has 0 radical (unpaired) electrons. The van der Waals surface area contributed by atoms with Gasteiger partial charge in [-0.3, -0.25) is 0 Å². The Morgan fingerprint density at radius 1 is 1.11 bits per heavy atom. The smallest absolute Gasteiger partial charge is 0.203 e. The van der Waals surface area contributed by atoms with Gasteiger partial charge in [-0.15, -0.1) is 0 Å². The largest absolute Gasteiger partial charge is 0.493 e. The molecule has 0 heterocycles. The van der Waals surface area contributed by atoms with Crippen LogP contribution in [0.4, 0.5) is 0 Å². The summed E-state index contributed by atoms with van der Waals surface area (Å²) in [6.07, 6.45) is -0.580. The van der Waals surface area contributed by atoms with E-state index in [9.17, 15) is 5.11 Å². The van der Waals surface area contributed by atoms with Crippen molar-refractivity contribution in [2.24, 2.45) is 0 Å². The number of rotatable bonds is 8. The number of benzene rings is 1. The molecule has 0 amide bonds. The van der Waals surface area contributed by atoms with E-state index in [1.807, 2.05) is 0 Å². The topological polar surface area (TPSA) is 69.2 Å². The van der Waals surface area contributed by atoms with Crippen LogP contribution in [0.5, 0.6) is 23.0 Å². The summed E-state index contributed by atoms with van der Waals surface area (Å²) in [7, 11) is 6.38. The first-order valence-electron chi connectivity index (χ1n) is 5.91. The number of methoxy groups -OCH3 is 3. The predicted octanol–water partition coefficient (Wildman–Crippen LogP) is 0.671. The molecule has 1 unspecified atom stereocenters. The second-order valence-corrected chi connectivity index (χ2v) is 3.88. The molecule has 1 aromatic rings. The standard InChI is InChI=1S/C13H21NO5/c1-14-7-9(15)8-19-10-5-11(16-2)13(18-4)12(6-10)17-3/h5-6,9,14-15H,7-8H2,1-4H3. The predicted molar refractivity (Wildman–Crippen MR) is 71.5 cm³/mol. The Balaban J connectivity index is 2.84. The molecule has 108 valence electrons. The molecule has 0 spiro atoms. The molecule has 0 aromatic heterocycles. The van der Waals surface area contributed by atoms with Gasteiger partial charge in [0.1, 0.15) is 18.5 Å². The van der Waals surface area contributed by atoms with Crippen molar-refractivity contribution in [3.8, 4) is 23.0 Å². The van der Waals surface area contributed by atoms with Crippen LogP contribution in [0.25, 0.3) is 0 Å². The van der Waals surface area contributed by atoms with Gasteiger partial charge in [0.15, 0.2) is 11.5 Å². The van der Waals surface area contributed by atoms with Crippen molar-refractivity contribution in [3.05, 3.63) is 12.1 Å². The van der Waals surface area contributed by atoms with Crippen LogP contribution in [0.3, 0.4) is 0 Å². The van der Waals surface area contributed by atoms with Crippen molar-refractivity contribution in [1.29, 1.82) is 0 Å². The zero-order valence-electron chi connectivity index (χ0n) is 11.7. The summed E-state index contributed by atoms with van der Waals surface area (Å²) in [5.41, 5.74) is 0.